The molecule has 230 valence electrons. The van der Waals surface area contributed by atoms with Crippen LogP contribution in [0.15, 0.2) is 47.8 Å². The zero-order valence-electron chi connectivity index (χ0n) is 22.6. The maximum atomic E-state index is 12.3. The summed E-state index contributed by atoms with van der Waals surface area (Å²) in [4.78, 5) is 36.4. The Labute approximate surface area is 239 Å². The number of esters is 2. The minimum Gasteiger partial charge on any atom is -0.504 e. The molecule has 2 aliphatic rings. The summed E-state index contributed by atoms with van der Waals surface area (Å²) < 4.78 is 31.3. The van der Waals surface area contributed by atoms with Gasteiger partial charge in [0, 0.05) is 17.6 Å². The van der Waals surface area contributed by atoms with E-state index in [1.807, 2.05) is 0 Å². The Hall–Kier alpha value is -3.99. The SMILES string of the molecule is COC(=O)C[C@@H]1C(C(=O)O)=CO[C@@H](O[C@@H]2O[C@H](CO)[C@@H](O)[C@H](O)[C@H]2O)/C1=C/COC(=O)/C=C/c1ccc(O)c(OC)c1. The number of aromatic hydroxyl groups is 1. The van der Waals surface area contributed by atoms with E-state index in [0.29, 0.717) is 5.56 Å². The molecule has 3 rings (SSSR count). The summed E-state index contributed by atoms with van der Waals surface area (Å²) in [7, 11) is 2.47. The lowest BCUT2D eigenvalue weighted by Gasteiger charge is -2.41. The van der Waals surface area contributed by atoms with Gasteiger partial charge in [-0.25, -0.2) is 9.59 Å². The molecule has 0 bridgehead atoms. The highest BCUT2D eigenvalue weighted by Gasteiger charge is 2.46. The zero-order chi connectivity index (χ0) is 31.0. The molecule has 2 heterocycles. The molecule has 15 heteroatoms. The molecule has 15 nitrogen and oxygen atoms in total. The fourth-order valence-electron chi connectivity index (χ4n) is 4.20. The number of carboxylic acids is 1. The van der Waals surface area contributed by atoms with E-state index in [1.54, 1.807) is 0 Å². The third-order valence-corrected chi connectivity index (χ3v) is 6.48. The van der Waals surface area contributed by atoms with E-state index < -0.39 is 80.5 Å². The fourth-order valence-corrected chi connectivity index (χ4v) is 4.20. The van der Waals surface area contributed by atoms with Gasteiger partial charge < -0.3 is 59.1 Å². The standard InChI is InChI=1S/C27H32O15/c1-37-18-9-13(3-5-17(18)29)4-6-20(30)39-8-7-14-15(10-21(31)38-2)16(25(35)36)12-40-26(14)42-27-24(34)23(33)22(32)19(11-28)41-27/h3-7,9,12,15,19,22-24,26-29,32-34H,8,10-11H2,1-2H3,(H,35,36)/b6-4+,14-7+/t15-,19+,22+,23-,24+,26-,27-/m0/s1. The number of hydrogen-bond donors (Lipinski definition) is 6. The Morgan fingerprint density at radius 2 is 1.81 bits per heavy atom. The van der Waals surface area contributed by atoms with E-state index in [-0.39, 0.29) is 22.6 Å². The summed E-state index contributed by atoms with van der Waals surface area (Å²) in [6.45, 7) is -1.17. The van der Waals surface area contributed by atoms with Crippen molar-refractivity contribution >= 4 is 24.0 Å². The molecule has 0 amide bonds. The van der Waals surface area contributed by atoms with Crippen LogP contribution in [0.2, 0.25) is 0 Å². The van der Waals surface area contributed by atoms with Crippen LogP contribution in [0.25, 0.3) is 6.08 Å². The van der Waals surface area contributed by atoms with Crippen molar-refractivity contribution in [2.45, 2.75) is 43.4 Å². The molecule has 2 aliphatic heterocycles. The van der Waals surface area contributed by atoms with Gasteiger partial charge in [0.15, 0.2) is 17.8 Å². The molecule has 1 fully saturated rings. The summed E-state index contributed by atoms with van der Waals surface area (Å²) in [6, 6.07) is 4.39. The number of methoxy groups -OCH3 is 2. The first-order chi connectivity index (χ1) is 20.0. The van der Waals surface area contributed by atoms with Crippen molar-refractivity contribution in [1.29, 1.82) is 0 Å². The van der Waals surface area contributed by atoms with Gasteiger partial charge in [0.2, 0.25) is 6.29 Å². The first kappa shape index (κ1) is 32.5. The third-order valence-electron chi connectivity index (χ3n) is 6.48. The summed E-state index contributed by atoms with van der Waals surface area (Å²) >= 11 is 0. The molecule has 1 saturated heterocycles. The highest BCUT2D eigenvalue weighted by molar-refractivity contribution is 5.89. The van der Waals surface area contributed by atoms with E-state index in [0.717, 1.165) is 19.4 Å². The second-order valence-corrected chi connectivity index (χ2v) is 9.11. The van der Waals surface area contributed by atoms with Gasteiger partial charge in [-0.1, -0.05) is 6.07 Å². The highest BCUT2D eigenvalue weighted by atomic mass is 16.8. The van der Waals surface area contributed by atoms with Gasteiger partial charge in [-0.3, -0.25) is 4.79 Å². The van der Waals surface area contributed by atoms with E-state index in [1.165, 1.54) is 37.5 Å². The number of ether oxygens (including phenoxy) is 6. The predicted octanol–water partition coefficient (Wildman–Crippen LogP) is -0.796. The van der Waals surface area contributed by atoms with E-state index >= 15 is 0 Å². The fraction of sp³-hybridized carbons (Fsp3) is 0.444. The Morgan fingerprint density at radius 1 is 1.07 bits per heavy atom. The number of carbonyl (C=O) groups is 3. The van der Waals surface area contributed by atoms with Crippen molar-refractivity contribution in [3.8, 4) is 11.5 Å². The van der Waals surface area contributed by atoms with Crippen molar-refractivity contribution < 1.29 is 73.4 Å². The number of aliphatic carboxylic acids is 1. The number of rotatable bonds is 11. The lowest BCUT2D eigenvalue weighted by Crippen LogP contribution is -2.60. The lowest BCUT2D eigenvalue weighted by atomic mass is 9.86. The molecule has 7 atom stereocenters. The van der Waals surface area contributed by atoms with E-state index in [4.69, 9.17) is 23.7 Å². The van der Waals surface area contributed by atoms with Gasteiger partial charge in [0.25, 0.3) is 0 Å². The number of aliphatic hydroxyl groups is 4. The number of benzene rings is 1. The molecule has 6 N–H and O–H groups in total. The normalized spacial score (nSPS) is 28.6. The van der Waals surface area contributed by atoms with Crippen LogP contribution in [0, 0.1) is 5.92 Å². The summed E-state index contributed by atoms with van der Waals surface area (Å²) in [5.41, 5.74) is 0.146. The Balaban J connectivity index is 1.84. The monoisotopic (exact) mass is 596 g/mol. The van der Waals surface area contributed by atoms with Crippen LogP contribution in [-0.2, 0) is 38.1 Å². The van der Waals surface area contributed by atoms with Crippen molar-refractivity contribution in [3.63, 3.8) is 0 Å². The van der Waals surface area contributed by atoms with Gasteiger partial charge in [-0.2, -0.15) is 0 Å². The van der Waals surface area contributed by atoms with Crippen molar-refractivity contribution in [2.24, 2.45) is 5.92 Å². The second-order valence-electron chi connectivity index (χ2n) is 9.11. The Kier molecular flexibility index (Phi) is 11.4. The molecule has 0 spiro atoms. The van der Waals surface area contributed by atoms with E-state index in [9.17, 15) is 45.0 Å². The van der Waals surface area contributed by atoms with Crippen molar-refractivity contribution in [1.82, 2.24) is 0 Å². The maximum Gasteiger partial charge on any atom is 0.335 e. The second kappa shape index (κ2) is 14.8. The summed E-state index contributed by atoms with van der Waals surface area (Å²) in [5.74, 6) is -4.11. The van der Waals surface area contributed by atoms with Gasteiger partial charge in [0.1, 0.15) is 31.0 Å². The van der Waals surface area contributed by atoms with Crippen LogP contribution in [0.5, 0.6) is 11.5 Å². The van der Waals surface area contributed by atoms with Crippen LogP contribution in [0.4, 0.5) is 0 Å². The van der Waals surface area contributed by atoms with Crippen LogP contribution < -0.4 is 4.74 Å². The van der Waals surface area contributed by atoms with Crippen molar-refractivity contribution in [3.05, 3.63) is 53.3 Å². The van der Waals surface area contributed by atoms with Crippen LogP contribution in [0.3, 0.4) is 0 Å². The average molecular weight is 597 g/mol. The van der Waals surface area contributed by atoms with Crippen LogP contribution >= 0.6 is 0 Å². The molecular formula is C27H32O15. The van der Waals surface area contributed by atoms with Crippen molar-refractivity contribution in [2.75, 3.05) is 27.4 Å². The number of phenolic OH excluding ortho intramolecular Hbond substituents is 1. The highest BCUT2D eigenvalue weighted by Crippen LogP contribution is 2.36. The maximum absolute atomic E-state index is 12.3. The Morgan fingerprint density at radius 3 is 2.45 bits per heavy atom. The smallest absolute Gasteiger partial charge is 0.335 e. The molecule has 0 aliphatic carbocycles. The topological polar surface area (TPSA) is 228 Å². The number of hydrogen-bond acceptors (Lipinski definition) is 14. The van der Waals surface area contributed by atoms with Gasteiger partial charge in [-0.15, -0.1) is 0 Å². The molecule has 42 heavy (non-hydrogen) atoms. The minimum absolute atomic E-state index is 0.0164. The van der Waals surface area contributed by atoms with Crippen LogP contribution in [-0.4, -0.2) is 113 Å². The molecular weight excluding hydrogens is 564 g/mol. The molecule has 1 aromatic carbocycles. The number of carbonyl (C=O) groups excluding carboxylic acids is 2. The van der Waals surface area contributed by atoms with Gasteiger partial charge in [-0.05, 0) is 29.8 Å². The zero-order valence-corrected chi connectivity index (χ0v) is 22.6. The number of aliphatic hydroxyl groups excluding tert-OH is 4. The molecule has 0 aromatic heterocycles. The quantitative estimate of drug-likeness (QED) is 0.104. The number of phenols is 1. The number of carboxylic acid groups (broad SMARTS) is 1. The largest absolute Gasteiger partial charge is 0.504 e. The predicted molar refractivity (Wildman–Crippen MR) is 138 cm³/mol. The molecule has 0 saturated carbocycles. The van der Waals surface area contributed by atoms with Crippen LogP contribution in [0.1, 0.15) is 12.0 Å². The molecule has 0 unspecified atom stereocenters. The lowest BCUT2D eigenvalue weighted by molar-refractivity contribution is -0.327. The molecule has 1 aromatic rings. The first-order valence-corrected chi connectivity index (χ1v) is 12.5. The third kappa shape index (κ3) is 7.84. The molecule has 0 radical (unpaired) electrons. The van der Waals surface area contributed by atoms with Gasteiger partial charge in [0.05, 0.1) is 39.1 Å². The minimum atomic E-state index is -1.81. The average Bonchev–Trinajstić information content (AvgIpc) is 2.97. The first-order valence-electron chi connectivity index (χ1n) is 12.5. The summed E-state index contributed by atoms with van der Waals surface area (Å²) in [5, 5.41) is 59.4. The summed E-state index contributed by atoms with van der Waals surface area (Å²) in [6.07, 6.45) is -5.63. The Bertz CT molecular complexity index is 1220. The van der Waals surface area contributed by atoms with E-state index in [2.05, 4.69) is 4.74 Å². The van der Waals surface area contributed by atoms with Gasteiger partial charge >= 0.3 is 17.9 Å².